The van der Waals surface area contributed by atoms with E-state index in [1.807, 2.05) is 0 Å². The first-order chi connectivity index (χ1) is 8.79. The molecular weight excluding hydrogens is 218 g/mol. The number of aryl methyl sites for hydroxylation is 1. The van der Waals surface area contributed by atoms with Gasteiger partial charge in [-0.1, -0.05) is 49.1 Å². The van der Waals surface area contributed by atoms with E-state index in [1.165, 1.54) is 56.2 Å². The highest BCUT2D eigenvalue weighted by molar-refractivity contribution is 5.21. The highest BCUT2D eigenvalue weighted by Crippen LogP contribution is 2.31. The van der Waals surface area contributed by atoms with Gasteiger partial charge in [0, 0.05) is 0 Å². The minimum atomic E-state index is 0.874. The maximum atomic E-state index is 3.39. The molecule has 0 spiro atoms. The summed E-state index contributed by atoms with van der Waals surface area (Å²) in [7, 11) is 2.09. The lowest BCUT2D eigenvalue weighted by molar-refractivity contribution is 0.304. The molecule has 0 heterocycles. The van der Waals surface area contributed by atoms with Crippen molar-refractivity contribution in [2.75, 3.05) is 13.6 Å². The molecule has 1 aromatic rings. The van der Waals surface area contributed by atoms with Crippen molar-refractivity contribution in [1.82, 2.24) is 5.32 Å². The number of rotatable bonds is 4. The zero-order chi connectivity index (χ0) is 12.8. The lowest BCUT2D eigenvalue weighted by Gasteiger charge is -2.25. The molecule has 2 unspecified atom stereocenters. The van der Waals surface area contributed by atoms with Gasteiger partial charge >= 0.3 is 0 Å². The summed E-state index contributed by atoms with van der Waals surface area (Å²) in [4.78, 5) is 0. The Morgan fingerprint density at radius 2 is 1.67 bits per heavy atom. The Kier molecular flexibility index (Phi) is 5.25. The van der Waals surface area contributed by atoms with Crippen LogP contribution in [-0.2, 0) is 6.42 Å². The van der Waals surface area contributed by atoms with Gasteiger partial charge in [0.25, 0.3) is 0 Å². The molecule has 1 nitrogen and oxygen atoms in total. The second-order valence-corrected chi connectivity index (χ2v) is 5.91. The van der Waals surface area contributed by atoms with Crippen LogP contribution in [0.25, 0.3) is 0 Å². The van der Waals surface area contributed by atoms with Gasteiger partial charge in [0.2, 0.25) is 0 Å². The van der Waals surface area contributed by atoms with E-state index in [9.17, 15) is 0 Å². The van der Waals surface area contributed by atoms with Crippen LogP contribution in [0, 0.1) is 18.8 Å². The summed E-state index contributed by atoms with van der Waals surface area (Å²) in [5, 5.41) is 3.39. The zero-order valence-corrected chi connectivity index (χ0v) is 11.9. The van der Waals surface area contributed by atoms with Gasteiger partial charge in [-0.25, -0.2) is 0 Å². The van der Waals surface area contributed by atoms with E-state index in [0.717, 1.165) is 11.8 Å². The second kappa shape index (κ2) is 6.94. The molecule has 0 bridgehead atoms. The van der Waals surface area contributed by atoms with Crippen molar-refractivity contribution in [3.63, 3.8) is 0 Å². The summed E-state index contributed by atoms with van der Waals surface area (Å²) in [5.74, 6) is 1.75. The van der Waals surface area contributed by atoms with Gasteiger partial charge in [0.1, 0.15) is 0 Å². The van der Waals surface area contributed by atoms with Gasteiger partial charge in [-0.05, 0) is 57.2 Å². The summed E-state index contributed by atoms with van der Waals surface area (Å²) in [5.41, 5.74) is 2.89. The van der Waals surface area contributed by atoms with Gasteiger partial charge in [0.05, 0.1) is 0 Å². The summed E-state index contributed by atoms with van der Waals surface area (Å²) in [6.45, 7) is 3.36. The van der Waals surface area contributed by atoms with Gasteiger partial charge in [-0.15, -0.1) is 0 Å². The standard InChI is InChI=1S/C17H27N/c1-14-8-10-15(11-9-14)12-16-6-4-3-5-7-17(16)13-18-2/h8-11,16-18H,3-7,12-13H2,1-2H3. The zero-order valence-electron chi connectivity index (χ0n) is 11.9. The lowest BCUT2D eigenvalue weighted by atomic mass is 9.83. The third kappa shape index (κ3) is 3.84. The van der Waals surface area contributed by atoms with Crippen molar-refractivity contribution in [1.29, 1.82) is 0 Å². The maximum Gasteiger partial charge on any atom is -0.00208 e. The summed E-state index contributed by atoms with van der Waals surface area (Å²) < 4.78 is 0. The molecule has 2 rings (SSSR count). The van der Waals surface area contributed by atoms with Crippen molar-refractivity contribution < 1.29 is 0 Å². The molecule has 0 amide bonds. The summed E-state index contributed by atoms with van der Waals surface area (Å²) >= 11 is 0. The minimum Gasteiger partial charge on any atom is -0.319 e. The SMILES string of the molecule is CNCC1CCCCCC1Cc1ccc(C)cc1. The molecule has 1 aliphatic carbocycles. The molecule has 1 heteroatoms. The summed E-state index contributed by atoms with van der Waals surface area (Å²) in [6, 6.07) is 9.13. The van der Waals surface area contributed by atoms with Crippen molar-refractivity contribution in [3.05, 3.63) is 35.4 Å². The Labute approximate surface area is 112 Å². The van der Waals surface area contributed by atoms with Crippen LogP contribution in [0.1, 0.15) is 43.2 Å². The van der Waals surface area contributed by atoms with Crippen LogP contribution in [0.3, 0.4) is 0 Å². The Bertz CT molecular complexity index is 341. The predicted octanol–water partition coefficient (Wildman–Crippen LogP) is 3.95. The third-order valence-electron chi connectivity index (χ3n) is 4.40. The van der Waals surface area contributed by atoms with Gasteiger partial charge in [-0.2, -0.15) is 0 Å². The molecule has 0 aromatic heterocycles. The quantitative estimate of drug-likeness (QED) is 0.792. The highest BCUT2D eigenvalue weighted by Gasteiger charge is 2.23. The fourth-order valence-electron chi connectivity index (χ4n) is 3.29. The molecule has 100 valence electrons. The fraction of sp³-hybridized carbons (Fsp3) is 0.647. The normalized spacial score (nSPS) is 24.8. The lowest BCUT2D eigenvalue weighted by Crippen LogP contribution is -2.26. The number of hydrogen-bond acceptors (Lipinski definition) is 1. The number of hydrogen-bond donors (Lipinski definition) is 1. The molecule has 1 aliphatic rings. The molecule has 1 saturated carbocycles. The van der Waals surface area contributed by atoms with E-state index in [1.54, 1.807) is 0 Å². The Hall–Kier alpha value is -0.820. The Morgan fingerprint density at radius 3 is 2.33 bits per heavy atom. The summed E-state index contributed by atoms with van der Waals surface area (Å²) in [6.07, 6.45) is 8.39. The monoisotopic (exact) mass is 245 g/mol. The first-order valence-corrected chi connectivity index (χ1v) is 7.49. The third-order valence-corrected chi connectivity index (χ3v) is 4.40. The van der Waals surface area contributed by atoms with Gasteiger partial charge in [0.15, 0.2) is 0 Å². The van der Waals surface area contributed by atoms with E-state index in [-0.39, 0.29) is 0 Å². The van der Waals surface area contributed by atoms with Crippen molar-refractivity contribution >= 4 is 0 Å². The largest absolute Gasteiger partial charge is 0.319 e. The molecule has 0 saturated heterocycles. The Balaban J connectivity index is 2.01. The van der Waals surface area contributed by atoms with Crippen molar-refractivity contribution in [2.24, 2.45) is 11.8 Å². The minimum absolute atomic E-state index is 0.874. The number of nitrogens with one attached hydrogen (secondary N) is 1. The smallest absolute Gasteiger partial charge is 0.00208 e. The molecular formula is C17H27N. The average molecular weight is 245 g/mol. The maximum absolute atomic E-state index is 3.39. The average Bonchev–Trinajstić information content (AvgIpc) is 2.59. The molecule has 1 fully saturated rings. The molecule has 1 aromatic carbocycles. The first-order valence-electron chi connectivity index (χ1n) is 7.49. The van der Waals surface area contributed by atoms with Crippen LogP contribution in [0.5, 0.6) is 0 Å². The topological polar surface area (TPSA) is 12.0 Å². The molecule has 0 radical (unpaired) electrons. The van der Waals surface area contributed by atoms with E-state index < -0.39 is 0 Å². The molecule has 2 atom stereocenters. The number of benzene rings is 1. The Morgan fingerprint density at radius 1 is 1.00 bits per heavy atom. The van der Waals surface area contributed by atoms with Crippen molar-refractivity contribution in [2.45, 2.75) is 45.4 Å². The van der Waals surface area contributed by atoms with Crippen LogP contribution in [0.2, 0.25) is 0 Å². The predicted molar refractivity (Wildman–Crippen MR) is 78.9 cm³/mol. The van der Waals surface area contributed by atoms with E-state index in [4.69, 9.17) is 0 Å². The molecule has 1 N–H and O–H groups in total. The fourth-order valence-corrected chi connectivity index (χ4v) is 3.29. The van der Waals surface area contributed by atoms with E-state index in [0.29, 0.717) is 0 Å². The van der Waals surface area contributed by atoms with Gasteiger partial charge < -0.3 is 5.32 Å². The van der Waals surface area contributed by atoms with Crippen molar-refractivity contribution in [3.8, 4) is 0 Å². The van der Waals surface area contributed by atoms with Crippen LogP contribution in [-0.4, -0.2) is 13.6 Å². The van der Waals surface area contributed by atoms with Crippen LogP contribution in [0.4, 0.5) is 0 Å². The van der Waals surface area contributed by atoms with Gasteiger partial charge in [-0.3, -0.25) is 0 Å². The first kappa shape index (κ1) is 13.6. The van der Waals surface area contributed by atoms with E-state index >= 15 is 0 Å². The molecule has 0 aliphatic heterocycles. The second-order valence-electron chi connectivity index (χ2n) is 5.91. The molecule has 18 heavy (non-hydrogen) atoms. The van der Waals surface area contributed by atoms with Crippen LogP contribution >= 0.6 is 0 Å². The highest BCUT2D eigenvalue weighted by atomic mass is 14.8. The van der Waals surface area contributed by atoms with Crippen LogP contribution in [0.15, 0.2) is 24.3 Å². The van der Waals surface area contributed by atoms with Crippen LogP contribution < -0.4 is 5.32 Å². The van der Waals surface area contributed by atoms with E-state index in [2.05, 4.69) is 43.6 Å².